The van der Waals surface area contributed by atoms with Crippen LogP contribution in [-0.4, -0.2) is 6.16 Å². The lowest BCUT2D eigenvalue weighted by Crippen LogP contribution is -2.17. The van der Waals surface area contributed by atoms with Crippen LogP contribution in [-0.2, 0) is 6.42 Å². The van der Waals surface area contributed by atoms with Gasteiger partial charge in [0, 0.05) is 0 Å². The van der Waals surface area contributed by atoms with Crippen LogP contribution in [0, 0.1) is 0 Å². The first-order valence-corrected chi connectivity index (χ1v) is 8.80. The van der Waals surface area contributed by atoms with Crippen molar-refractivity contribution in [2.45, 2.75) is 33.1 Å². The Balaban J connectivity index is 2.33. The second-order valence-corrected chi connectivity index (χ2v) is 7.30. The first kappa shape index (κ1) is 14.3. The summed E-state index contributed by atoms with van der Waals surface area (Å²) in [7, 11) is -0.186. The van der Waals surface area contributed by atoms with Crippen molar-refractivity contribution in [2.24, 2.45) is 0 Å². The molecule has 0 saturated heterocycles. The molecule has 2 aromatic carbocycles. The van der Waals surface area contributed by atoms with E-state index in [1.165, 1.54) is 30.7 Å². The van der Waals surface area contributed by atoms with Gasteiger partial charge in [-0.3, -0.25) is 0 Å². The SMILES string of the molecule is CCCCc1ccccc1P(CC)c1ccccc1. The molecule has 0 radical (unpaired) electrons. The molecule has 0 bridgehead atoms. The third kappa shape index (κ3) is 3.67. The lowest BCUT2D eigenvalue weighted by Gasteiger charge is -2.20. The molecule has 0 nitrogen and oxygen atoms in total. The largest absolute Gasteiger partial charge is 0.0654 e. The monoisotopic (exact) mass is 270 g/mol. The Kier molecular flexibility index (Phi) is 5.61. The van der Waals surface area contributed by atoms with E-state index in [2.05, 4.69) is 68.4 Å². The summed E-state index contributed by atoms with van der Waals surface area (Å²) in [6.07, 6.45) is 5.00. The van der Waals surface area contributed by atoms with Gasteiger partial charge in [0.2, 0.25) is 0 Å². The highest BCUT2D eigenvalue weighted by atomic mass is 31.1. The number of benzene rings is 2. The van der Waals surface area contributed by atoms with Crippen LogP contribution in [0.25, 0.3) is 0 Å². The van der Waals surface area contributed by atoms with E-state index in [4.69, 9.17) is 0 Å². The predicted octanol–water partition coefficient (Wildman–Crippen LogP) is 4.48. The Morgan fingerprint density at radius 1 is 0.842 bits per heavy atom. The molecule has 0 aliphatic heterocycles. The van der Waals surface area contributed by atoms with Crippen LogP contribution in [0.5, 0.6) is 0 Å². The van der Waals surface area contributed by atoms with Crippen molar-refractivity contribution >= 4 is 18.5 Å². The maximum absolute atomic E-state index is 2.34. The Bertz CT molecular complexity index is 490. The summed E-state index contributed by atoms with van der Waals surface area (Å²) in [6, 6.07) is 20.0. The standard InChI is InChI=1S/C18H23P/c1-3-5-11-16-12-9-10-15-18(16)19(4-2)17-13-7-6-8-14-17/h6-10,12-15H,3-5,11H2,1-2H3. The number of unbranched alkanes of at least 4 members (excludes halogenated alkanes) is 1. The summed E-state index contributed by atoms with van der Waals surface area (Å²) in [5.74, 6) is 0. The van der Waals surface area contributed by atoms with Crippen LogP contribution in [0.2, 0.25) is 0 Å². The van der Waals surface area contributed by atoms with Crippen molar-refractivity contribution in [2.75, 3.05) is 6.16 Å². The van der Waals surface area contributed by atoms with Gasteiger partial charge in [0.1, 0.15) is 0 Å². The maximum atomic E-state index is 2.34. The third-order valence-corrected chi connectivity index (χ3v) is 6.04. The first-order chi connectivity index (χ1) is 9.36. The minimum Gasteiger partial charge on any atom is -0.0654 e. The highest BCUT2D eigenvalue weighted by Crippen LogP contribution is 2.34. The summed E-state index contributed by atoms with van der Waals surface area (Å²) in [4.78, 5) is 0. The zero-order chi connectivity index (χ0) is 13.5. The molecule has 0 spiro atoms. The number of rotatable bonds is 6. The lowest BCUT2D eigenvalue weighted by atomic mass is 10.1. The summed E-state index contributed by atoms with van der Waals surface area (Å²) in [5.41, 5.74) is 1.56. The quantitative estimate of drug-likeness (QED) is 0.679. The van der Waals surface area contributed by atoms with Crippen LogP contribution in [0.4, 0.5) is 0 Å². The van der Waals surface area contributed by atoms with E-state index in [9.17, 15) is 0 Å². The van der Waals surface area contributed by atoms with Crippen LogP contribution in [0.1, 0.15) is 32.3 Å². The fourth-order valence-electron chi connectivity index (χ4n) is 2.45. The zero-order valence-corrected chi connectivity index (χ0v) is 12.9. The molecule has 1 atom stereocenters. The number of hydrogen-bond donors (Lipinski definition) is 0. The molecule has 0 aromatic heterocycles. The molecule has 0 saturated carbocycles. The summed E-state index contributed by atoms with van der Waals surface area (Å²) >= 11 is 0. The maximum Gasteiger partial charge on any atom is -0.0163 e. The average molecular weight is 270 g/mol. The Hall–Kier alpha value is -1.13. The molecule has 0 N–H and O–H groups in total. The zero-order valence-electron chi connectivity index (χ0n) is 12.0. The van der Waals surface area contributed by atoms with Gasteiger partial charge in [-0.25, -0.2) is 0 Å². The molecular weight excluding hydrogens is 247 g/mol. The molecule has 100 valence electrons. The Morgan fingerprint density at radius 3 is 2.21 bits per heavy atom. The van der Waals surface area contributed by atoms with E-state index in [0.717, 1.165) is 0 Å². The van der Waals surface area contributed by atoms with Gasteiger partial charge in [-0.05, 0) is 43.1 Å². The van der Waals surface area contributed by atoms with Crippen molar-refractivity contribution < 1.29 is 0 Å². The third-order valence-electron chi connectivity index (χ3n) is 3.47. The van der Waals surface area contributed by atoms with E-state index in [1.54, 1.807) is 10.9 Å². The Labute approximate surface area is 118 Å². The van der Waals surface area contributed by atoms with Crippen LogP contribution in [0.15, 0.2) is 54.6 Å². The van der Waals surface area contributed by atoms with Gasteiger partial charge in [-0.2, -0.15) is 0 Å². The van der Waals surface area contributed by atoms with Crippen LogP contribution in [0.3, 0.4) is 0 Å². The summed E-state index contributed by atoms with van der Waals surface area (Å²) < 4.78 is 0. The van der Waals surface area contributed by atoms with Crippen molar-refractivity contribution in [3.63, 3.8) is 0 Å². The minimum absolute atomic E-state index is 0.186. The van der Waals surface area contributed by atoms with Gasteiger partial charge in [0.25, 0.3) is 0 Å². The van der Waals surface area contributed by atoms with Gasteiger partial charge >= 0.3 is 0 Å². The smallest absolute Gasteiger partial charge is 0.0163 e. The fourth-order valence-corrected chi connectivity index (χ4v) is 4.77. The molecule has 1 unspecified atom stereocenters. The molecule has 0 fully saturated rings. The van der Waals surface area contributed by atoms with Gasteiger partial charge in [-0.1, -0.05) is 74.9 Å². The number of aryl methyl sites for hydroxylation is 1. The molecule has 0 aliphatic carbocycles. The van der Waals surface area contributed by atoms with Crippen molar-refractivity contribution in [1.29, 1.82) is 0 Å². The highest BCUT2D eigenvalue weighted by molar-refractivity contribution is 7.73. The van der Waals surface area contributed by atoms with E-state index in [0.29, 0.717) is 0 Å². The second kappa shape index (κ2) is 7.46. The van der Waals surface area contributed by atoms with Crippen LogP contribution >= 0.6 is 7.92 Å². The molecule has 2 rings (SSSR count). The number of hydrogen-bond acceptors (Lipinski definition) is 0. The first-order valence-electron chi connectivity index (χ1n) is 7.27. The second-order valence-electron chi connectivity index (χ2n) is 4.81. The highest BCUT2D eigenvalue weighted by Gasteiger charge is 2.14. The van der Waals surface area contributed by atoms with Crippen molar-refractivity contribution in [1.82, 2.24) is 0 Å². The molecule has 2 aromatic rings. The predicted molar refractivity (Wildman–Crippen MR) is 88.2 cm³/mol. The van der Waals surface area contributed by atoms with E-state index in [-0.39, 0.29) is 7.92 Å². The Morgan fingerprint density at radius 2 is 1.53 bits per heavy atom. The molecule has 0 heterocycles. The molecule has 0 amide bonds. The summed E-state index contributed by atoms with van der Waals surface area (Å²) in [6.45, 7) is 4.58. The van der Waals surface area contributed by atoms with E-state index in [1.807, 2.05) is 0 Å². The average Bonchev–Trinajstić information content (AvgIpc) is 2.48. The van der Waals surface area contributed by atoms with Gasteiger partial charge in [0.15, 0.2) is 0 Å². The minimum atomic E-state index is -0.186. The van der Waals surface area contributed by atoms with Crippen molar-refractivity contribution in [3.8, 4) is 0 Å². The summed E-state index contributed by atoms with van der Waals surface area (Å²) in [5, 5.41) is 3.09. The van der Waals surface area contributed by atoms with Crippen molar-refractivity contribution in [3.05, 3.63) is 60.2 Å². The van der Waals surface area contributed by atoms with Gasteiger partial charge in [0.05, 0.1) is 0 Å². The lowest BCUT2D eigenvalue weighted by molar-refractivity contribution is 0.798. The molecular formula is C18H23P. The molecule has 19 heavy (non-hydrogen) atoms. The molecule has 1 heteroatoms. The van der Waals surface area contributed by atoms with Gasteiger partial charge in [-0.15, -0.1) is 0 Å². The normalized spacial score (nSPS) is 12.3. The fraction of sp³-hybridized carbons (Fsp3) is 0.333. The van der Waals surface area contributed by atoms with Crippen LogP contribution < -0.4 is 10.6 Å². The topological polar surface area (TPSA) is 0 Å². The van der Waals surface area contributed by atoms with Gasteiger partial charge < -0.3 is 0 Å². The molecule has 0 aliphatic rings. The van der Waals surface area contributed by atoms with E-state index < -0.39 is 0 Å². The van der Waals surface area contributed by atoms with E-state index >= 15 is 0 Å².